The van der Waals surface area contributed by atoms with Gasteiger partial charge in [-0.05, 0) is 37.5 Å². The van der Waals surface area contributed by atoms with Gasteiger partial charge in [0.15, 0.2) is 5.17 Å². The fourth-order valence-corrected chi connectivity index (χ4v) is 3.87. The molecule has 3 rings (SSSR count). The number of nitrogens with one attached hydrogen (secondary N) is 1. The lowest BCUT2D eigenvalue weighted by Crippen LogP contribution is -2.28. The molecule has 0 saturated heterocycles. The van der Waals surface area contributed by atoms with Crippen LogP contribution in [0, 0.1) is 0 Å². The Labute approximate surface area is 174 Å². The lowest BCUT2D eigenvalue weighted by atomic mass is 9.89. The van der Waals surface area contributed by atoms with Crippen molar-refractivity contribution in [2.75, 3.05) is 17.7 Å². The van der Waals surface area contributed by atoms with Crippen molar-refractivity contribution in [2.45, 2.75) is 32.2 Å². The van der Waals surface area contributed by atoms with Gasteiger partial charge in [0, 0.05) is 11.4 Å². The van der Waals surface area contributed by atoms with Crippen LogP contribution in [0.3, 0.4) is 0 Å². The van der Waals surface area contributed by atoms with E-state index in [1.165, 1.54) is 12.4 Å². The van der Waals surface area contributed by atoms with Crippen LogP contribution in [0.15, 0.2) is 53.8 Å². The first-order valence-electron chi connectivity index (χ1n) is 9.50. The van der Waals surface area contributed by atoms with Gasteiger partial charge in [0.25, 0.3) is 5.91 Å². The highest BCUT2D eigenvalue weighted by Crippen LogP contribution is 2.35. The maximum absolute atomic E-state index is 12.5. The summed E-state index contributed by atoms with van der Waals surface area (Å²) in [5.74, 6) is 0.961. The van der Waals surface area contributed by atoms with Gasteiger partial charge in [0.2, 0.25) is 5.88 Å². The van der Waals surface area contributed by atoms with Crippen molar-refractivity contribution in [3.05, 3.63) is 60.1 Å². The lowest BCUT2D eigenvalue weighted by Gasteiger charge is -2.30. The average molecular weight is 412 g/mol. The van der Waals surface area contributed by atoms with Crippen LogP contribution in [0.2, 0.25) is 0 Å². The standard InChI is InChI=1S/C21H25N5O2S/c1-3-4-5-10-28-18-14-23-17(13-24-18)19(27)25-16-8-6-7-15(12-16)21(2)9-11-29-20(22)26-21/h4-8,12-14H,3,9-11H2,1-2H3,(H2,22,26)(H,25,27)/b5-4-/t21-/m0/s1. The summed E-state index contributed by atoms with van der Waals surface area (Å²) in [5.41, 5.74) is 7.42. The number of ether oxygens (including phenoxy) is 1. The smallest absolute Gasteiger partial charge is 0.275 e. The van der Waals surface area contributed by atoms with Gasteiger partial charge in [0.05, 0.1) is 17.9 Å². The van der Waals surface area contributed by atoms with Crippen LogP contribution in [-0.2, 0) is 5.54 Å². The molecule has 1 amide bonds. The number of hydrogen-bond acceptors (Lipinski definition) is 7. The average Bonchev–Trinajstić information content (AvgIpc) is 2.72. The van der Waals surface area contributed by atoms with Crippen LogP contribution in [0.5, 0.6) is 5.88 Å². The SMILES string of the molecule is CC/C=C\COc1cnc(C(=O)Nc2cccc([C@]3(C)CCSC(N)=N3)c2)cn1. The highest BCUT2D eigenvalue weighted by atomic mass is 32.2. The van der Waals surface area contributed by atoms with E-state index in [4.69, 9.17) is 10.5 Å². The number of thioether (sulfide) groups is 1. The van der Waals surface area contributed by atoms with Crippen LogP contribution in [0.25, 0.3) is 0 Å². The van der Waals surface area contributed by atoms with Gasteiger partial charge in [-0.15, -0.1) is 0 Å². The second-order valence-corrected chi connectivity index (χ2v) is 7.90. The number of rotatable bonds is 7. The number of nitrogens with zero attached hydrogens (tertiary/aromatic N) is 3. The predicted molar refractivity (Wildman–Crippen MR) is 117 cm³/mol. The molecule has 0 fully saturated rings. The third-order valence-electron chi connectivity index (χ3n) is 4.53. The van der Waals surface area contributed by atoms with Gasteiger partial charge >= 0.3 is 0 Å². The number of anilines is 1. The topological polar surface area (TPSA) is 102 Å². The molecule has 1 aromatic heterocycles. The summed E-state index contributed by atoms with van der Waals surface area (Å²) in [7, 11) is 0. The molecule has 7 nitrogen and oxygen atoms in total. The molecule has 0 unspecified atom stereocenters. The summed E-state index contributed by atoms with van der Waals surface area (Å²) >= 11 is 1.56. The van der Waals surface area contributed by atoms with Gasteiger partial charge in [0.1, 0.15) is 12.3 Å². The number of aliphatic imine (C=N–C) groups is 1. The molecule has 0 spiro atoms. The normalized spacial score (nSPS) is 19.0. The largest absolute Gasteiger partial charge is 0.472 e. The minimum absolute atomic E-state index is 0.217. The van der Waals surface area contributed by atoms with Gasteiger partial charge in [-0.1, -0.05) is 43.0 Å². The summed E-state index contributed by atoms with van der Waals surface area (Å²) in [6, 6.07) is 7.66. The number of amides is 1. The van der Waals surface area contributed by atoms with Gasteiger partial charge < -0.3 is 15.8 Å². The number of nitrogens with two attached hydrogens (primary N) is 1. The summed E-state index contributed by atoms with van der Waals surface area (Å²) in [5, 5.41) is 3.46. The second-order valence-electron chi connectivity index (χ2n) is 6.79. The third-order valence-corrected chi connectivity index (χ3v) is 5.32. The Morgan fingerprint density at radius 1 is 1.34 bits per heavy atom. The van der Waals surface area contributed by atoms with Gasteiger partial charge in [-0.3, -0.25) is 9.79 Å². The summed E-state index contributed by atoms with van der Waals surface area (Å²) < 4.78 is 5.45. The van der Waals surface area contributed by atoms with E-state index in [1.807, 2.05) is 36.4 Å². The minimum Gasteiger partial charge on any atom is -0.472 e. The van der Waals surface area contributed by atoms with Crippen molar-refractivity contribution in [1.82, 2.24) is 9.97 Å². The Morgan fingerprint density at radius 3 is 2.93 bits per heavy atom. The minimum atomic E-state index is -0.388. The number of allylic oxidation sites excluding steroid dienone is 1. The molecule has 29 heavy (non-hydrogen) atoms. The molecule has 1 atom stereocenters. The molecule has 1 aromatic carbocycles. The van der Waals surface area contributed by atoms with Crippen molar-refractivity contribution < 1.29 is 9.53 Å². The van der Waals surface area contributed by atoms with E-state index in [9.17, 15) is 4.79 Å². The van der Waals surface area contributed by atoms with E-state index in [1.54, 1.807) is 11.8 Å². The van der Waals surface area contributed by atoms with Crippen molar-refractivity contribution in [2.24, 2.45) is 10.7 Å². The zero-order chi connectivity index (χ0) is 20.7. The third kappa shape index (κ3) is 5.57. The van der Waals surface area contributed by atoms with Crippen LogP contribution < -0.4 is 15.8 Å². The molecule has 0 bridgehead atoms. The zero-order valence-corrected chi connectivity index (χ0v) is 17.4. The van der Waals surface area contributed by atoms with Crippen molar-refractivity contribution in [1.29, 1.82) is 0 Å². The quantitative estimate of drug-likeness (QED) is 0.673. The highest BCUT2D eigenvalue weighted by molar-refractivity contribution is 8.13. The van der Waals surface area contributed by atoms with Crippen molar-refractivity contribution >= 4 is 28.5 Å². The van der Waals surface area contributed by atoms with E-state index in [2.05, 4.69) is 34.1 Å². The number of carbonyl (C=O) groups is 1. The first-order valence-corrected chi connectivity index (χ1v) is 10.5. The van der Waals surface area contributed by atoms with Crippen LogP contribution >= 0.6 is 11.8 Å². The van der Waals surface area contributed by atoms with Gasteiger partial charge in [-0.2, -0.15) is 0 Å². The maximum Gasteiger partial charge on any atom is 0.275 e. The molecule has 0 saturated carbocycles. The first kappa shape index (κ1) is 20.9. The number of hydrogen-bond donors (Lipinski definition) is 2. The van der Waals surface area contributed by atoms with Crippen LogP contribution in [-0.4, -0.2) is 33.4 Å². The van der Waals surface area contributed by atoms with Crippen LogP contribution in [0.1, 0.15) is 42.7 Å². The lowest BCUT2D eigenvalue weighted by molar-refractivity contribution is 0.102. The van der Waals surface area contributed by atoms with Crippen LogP contribution in [0.4, 0.5) is 5.69 Å². The highest BCUT2D eigenvalue weighted by Gasteiger charge is 2.29. The molecule has 1 aliphatic rings. The molecule has 3 N–H and O–H groups in total. The molecular weight excluding hydrogens is 386 g/mol. The molecule has 2 aromatic rings. The molecule has 2 heterocycles. The summed E-state index contributed by atoms with van der Waals surface area (Å²) in [6.07, 6.45) is 8.61. The Bertz CT molecular complexity index is 914. The van der Waals surface area contributed by atoms with E-state index >= 15 is 0 Å². The molecule has 1 aliphatic heterocycles. The second kappa shape index (κ2) is 9.56. The number of carbonyl (C=O) groups excluding carboxylic acids is 1. The Balaban J connectivity index is 1.66. The monoisotopic (exact) mass is 411 g/mol. The molecule has 0 aliphatic carbocycles. The number of amidine groups is 1. The fraction of sp³-hybridized carbons (Fsp3) is 0.333. The number of benzene rings is 1. The molecular formula is C21H25N5O2S. The Morgan fingerprint density at radius 2 is 2.21 bits per heavy atom. The predicted octanol–water partition coefficient (Wildman–Crippen LogP) is 3.74. The van der Waals surface area contributed by atoms with Crippen molar-refractivity contribution in [3.8, 4) is 5.88 Å². The van der Waals surface area contributed by atoms with Crippen molar-refractivity contribution in [3.63, 3.8) is 0 Å². The summed E-state index contributed by atoms with van der Waals surface area (Å²) in [4.78, 5) is 25.4. The first-order chi connectivity index (χ1) is 14.0. The Kier molecular flexibility index (Phi) is 6.87. The van der Waals surface area contributed by atoms with Gasteiger partial charge in [-0.25, -0.2) is 9.97 Å². The van der Waals surface area contributed by atoms with E-state index < -0.39 is 0 Å². The number of aromatic nitrogens is 2. The van der Waals surface area contributed by atoms with E-state index in [-0.39, 0.29) is 17.1 Å². The Hall–Kier alpha value is -2.87. The van der Waals surface area contributed by atoms with E-state index in [0.29, 0.717) is 23.3 Å². The zero-order valence-electron chi connectivity index (χ0n) is 16.6. The molecule has 152 valence electrons. The molecule has 0 radical (unpaired) electrons. The van der Waals surface area contributed by atoms with E-state index in [0.717, 1.165) is 24.2 Å². The summed E-state index contributed by atoms with van der Waals surface area (Å²) in [6.45, 7) is 4.53. The maximum atomic E-state index is 12.5. The fourth-order valence-electron chi connectivity index (χ4n) is 2.90. The molecule has 8 heteroatoms.